The zero-order chi connectivity index (χ0) is 16.5. The zero-order valence-corrected chi connectivity index (χ0v) is 13.6. The molecule has 1 aromatic heterocycles. The van der Waals surface area contributed by atoms with E-state index in [1.165, 1.54) is 0 Å². The molecule has 3 N–H and O–H groups in total. The maximum Gasteiger partial charge on any atom is 0.314 e. The summed E-state index contributed by atoms with van der Waals surface area (Å²) in [5.41, 5.74) is 0. The fourth-order valence-corrected chi connectivity index (χ4v) is 2.43. The smallest absolute Gasteiger partial charge is 0.314 e. The van der Waals surface area contributed by atoms with Gasteiger partial charge in [-0.15, -0.1) is 0 Å². The second-order valence-corrected chi connectivity index (χ2v) is 5.72. The Kier molecular flexibility index (Phi) is 7.02. The summed E-state index contributed by atoms with van der Waals surface area (Å²) in [7, 11) is 0. The van der Waals surface area contributed by atoms with E-state index in [0.717, 1.165) is 45.1 Å². The van der Waals surface area contributed by atoms with Crippen LogP contribution in [-0.2, 0) is 0 Å². The number of aliphatic hydroxyl groups excluding tert-OH is 1. The molecule has 1 aliphatic heterocycles. The number of anilines is 1. The molecule has 0 aromatic carbocycles. The van der Waals surface area contributed by atoms with Gasteiger partial charge in [0.05, 0.1) is 6.10 Å². The number of aromatic nitrogens is 2. The van der Waals surface area contributed by atoms with Crippen LogP contribution >= 0.6 is 0 Å². The van der Waals surface area contributed by atoms with E-state index in [9.17, 15) is 4.79 Å². The Hall–Kier alpha value is -1.93. The highest BCUT2D eigenvalue weighted by molar-refractivity contribution is 5.73. The Labute approximate surface area is 136 Å². The Balaban J connectivity index is 1.56. The summed E-state index contributed by atoms with van der Waals surface area (Å²) < 4.78 is 0. The number of nitrogens with zero attached hydrogens (tertiary/aromatic N) is 4. The minimum Gasteiger partial charge on any atom is -0.392 e. The first-order chi connectivity index (χ1) is 11.1. The number of urea groups is 1. The van der Waals surface area contributed by atoms with E-state index in [-0.39, 0.29) is 12.6 Å². The first-order valence-corrected chi connectivity index (χ1v) is 8.09. The molecule has 0 bridgehead atoms. The van der Waals surface area contributed by atoms with E-state index in [4.69, 9.17) is 5.11 Å². The van der Waals surface area contributed by atoms with Crippen LogP contribution in [0.25, 0.3) is 0 Å². The average Bonchev–Trinajstić information content (AvgIpc) is 2.58. The van der Waals surface area contributed by atoms with Crippen molar-refractivity contribution in [3.8, 4) is 0 Å². The molecule has 0 spiro atoms. The average molecular weight is 322 g/mol. The minimum absolute atomic E-state index is 0.225. The van der Waals surface area contributed by atoms with Crippen molar-refractivity contribution >= 4 is 12.0 Å². The van der Waals surface area contributed by atoms with E-state index >= 15 is 0 Å². The lowest BCUT2D eigenvalue weighted by Gasteiger charge is -2.34. The summed E-state index contributed by atoms with van der Waals surface area (Å²) in [4.78, 5) is 24.6. The molecule has 2 amide bonds. The van der Waals surface area contributed by atoms with Crippen LogP contribution in [0.4, 0.5) is 10.7 Å². The molecule has 23 heavy (non-hydrogen) atoms. The minimum atomic E-state index is -0.523. The molecule has 1 atom stereocenters. The van der Waals surface area contributed by atoms with Gasteiger partial charge >= 0.3 is 6.03 Å². The van der Waals surface area contributed by atoms with Crippen molar-refractivity contribution in [2.75, 3.05) is 50.7 Å². The first kappa shape index (κ1) is 17.4. The van der Waals surface area contributed by atoms with Gasteiger partial charge in [0.2, 0.25) is 5.95 Å². The van der Waals surface area contributed by atoms with Crippen LogP contribution in [0, 0.1) is 0 Å². The normalized spacial score (nSPS) is 16.9. The van der Waals surface area contributed by atoms with Crippen molar-refractivity contribution in [3.63, 3.8) is 0 Å². The van der Waals surface area contributed by atoms with E-state index in [0.29, 0.717) is 6.54 Å². The number of hydrogen-bond donors (Lipinski definition) is 3. The summed E-state index contributed by atoms with van der Waals surface area (Å²) in [5.74, 6) is 0.795. The van der Waals surface area contributed by atoms with Gasteiger partial charge in [0, 0.05) is 51.7 Å². The SMILES string of the molecule is C[C@H](O)CNC(=O)NCCCN1CCN(c2ncccn2)CC1. The highest BCUT2D eigenvalue weighted by Crippen LogP contribution is 2.09. The maximum absolute atomic E-state index is 11.4. The predicted octanol–water partition coefficient (Wildman–Crippen LogP) is -0.331. The second-order valence-electron chi connectivity index (χ2n) is 5.72. The lowest BCUT2D eigenvalue weighted by molar-refractivity contribution is 0.187. The summed E-state index contributed by atoms with van der Waals surface area (Å²) in [5, 5.41) is 14.5. The van der Waals surface area contributed by atoms with Crippen LogP contribution in [0.5, 0.6) is 0 Å². The number of piperazine rings is 1. The van der Waals surface area contributed by atoms with E-state index in [1.54, 1.807) is 19.3 Å². The number of carbonyl (C=O) groups excluding carboxylic acids is 1. The number of hydrogen-bond acceptors (Lipinski definition) is 6. The Bertz CT molecular complexity index is 462. The maximum atomic E-state index is 11.4. The summed E-state index contributed by atoms with van der Waals surface area (Å²) in [6, 6.07) is 1.60. The molecule has 0 radical (unpaired) electrons. The second kappa shape index (κ2) is 9.26. The number of aliphatic hydroxyl groups is 1. The third-order valence-corrected chi connectivity index (χ3v) is 3.70. The van der Waals surface area contributed by atoms with Gasteiger partial charge in [-0.05, 0) is 26.0 Å². The predicted molar refractivity (Wildman–Crippen MR) is 88.4 cm³/mol. The Morgan fingerprint density at radius 1 is 1.26 bits per heavy atom. The first-order valence-electron chi connectivity index (χ1n) is 8.09. The number of amides is 2. The number of rotatable bonds is 7. The van der Waals surface area contributed by atoms with Crippen molar-refractivity contribution in [3.05, 3.63) is 18.5 Å². The summed E-state index contributed by atoms with van der Waals surface area (Å²) in [6.45, 7) is 7.31. The molecule has 8 heteroatoms. The monoisotopic (exact) mass is 322 g/mol. The van der Waals surface area contributed by atoms with Gasteiger partial charge in [0.15, 0.2) is 0 Å². The van der Waals surface area contributed by atoms with Gasteiger partial charge in [-0.25, -0.2) is 14.8 Å². The van der Waals surface area contributed by atoms with Crippen molar-refractivity contribution in [2.45, 2.75) is 19.4 Å². The molecule has 1 aliphatic rings. The van der Waals surface area contributed by atoms with Crippen molar-refractivity contribution in [1.82, 2.24) is 25.5 Å². The van der Waals surface area contributed by atoms with Gasteiger partial charge in [-0.1, -0.05) is 0 Å². The molecule has 1 saturated heterocycles. The summed E-state index contributed by atoms with van der Waals surface area (Å²) >= 11 is 0. The van der Waals surface area contributed by atoms with Crippen LogP contribution in [0.1, 0.15) is 13.3 Å². The molecule has 1 aromatic rings. The fourth-order valence-electron chi connectivity index (χ4n) is 2.43. The van der Waals surface area contributed by atoms with Crippen LogP contribution < -0.4 is 15.5 Å². The van der Waals surface area contributed by atoms with Gasteiger partial charge in [-0.3, -0.25) is 4.90 Å². The zero-order valence-electron chi connectivity index (χ0n) is 13.6. The molecule has 1 fully saturated rings. The largest absolute Gasteiger partial charge is 0.392 e. The highest BCUT2D eigenvalue weighted by Gasteiger charge is 2.18. The topological polar surface area (TPSA) is 93.6 Å². The fraction of sp³-hybridized carbons (Fsp3) is 0.667. The number of carbonyl (C=O) groups is 1. The third kappa shape index (κ3) is 6.37. The Morgan fingerprint density at radius 3 is 2.61 bits per heavy atom. The highest BCUT2D eigenvalue weighted by atomic mass is 16.3. The molecule has 0 aliphatic carbocycles. The van der Waals surface area contributed by atoms with Gasteiger partial charge in [0.1, 0.15) is 0 Å². The van der Waals surface area contributed by atoms with Crippen LogP contribution in [-0.4, -0.2) is 77.9 Å². The quantitative estimate of drug-likeness (QED) is 0.595. The molecule has 8 nitrogen and oxygen atoms in total. The van der Waals surface area contributed by atoms with E-state index in [1.807, 2.05) is 6.07 Å². The van der Waals surface area contributed by atoms with Crippen molar-refractivity contribution in [1.29, 1.82) is 0 Å². The van der Waals surface area contributed by atoms with E-state index in [2.05, 4.69) is 30.4 Å². The molecular formula is C15H26N6O2. The molecular weight excluding hydrogens is 296 g/mol. The molecule has 128 valence electrons. The summed E-state index contributed by atoms with van der Waals surface area (Å²) in [6.07, 6.45) is 3.92. The Morgan fingerprint density at radius 2 is 1.96 bits per heavy atom. The van der Waals surface area contributed by atoms with Crippen LogP contribution in [0.2, 0.25) is 0 Å². The third-order valence-electron chi connectivity index (χ3n) is 3.70. The van der Waals surface area contributed by atoms with Gasteiger partial charge in [0.25, 0.3) is 0 Å². The lowest BCUT2D eigenvalue weighted by Crippen LogP contribution is -2.47. The molecule has 0 saturated carbocycles. The van der Waals surface area contributed by atoms with Crippen LogP contribution in [0.15, 0.2) is 18.5 Å². The number of nitrogens with one attached hydrogen (secondary N) is 2. The lowest BCUT2D eigenvalue weighted by atomic mass is 10.3. The molecule has 2 heterocycles. The van der Waals surface area contributed by atoms with Crippen molar-refractivity contribution < 1.29 is 9.90 Å². The van der Waals surface area contributed by atoms with Gasteiger partial charge in [-0.2, -0.15) is 0 Å². The molecule has 0 unspecified atom stereocenters. The van der Waals surface area contributed by atoms with Crippen LogP contribution in [0.3, 0.4) is 0 Å². The van der Waals surface area contributed by atoms with Gasteiger partial charge < -0.3 is 20.6 Å². The molecule has 2 rings (SSSR count). The standard InChI is InChI=1S/C15H26N6O2/c1-13(22)12-19-15(23)18-6-3-7-20-8-10-21(11-9-20)14-16-4-2-5-17-14/h2,4-5,13,22H,3,6-12H2,1H3,(H2,18,19,23)/t13-/m0/s1. The van der Waals surface area contributed by atoms with Crippen molar-refractivity contribution in [2.24, 2.45) is 0 Å². The van der Waals surface area contributed by atoms with E-state index < -0.39 is 6.10 Å².